The van der Waals surface area contributed by atoms with Crippen LogP contribution in [0.5, 0.6) is 0 Å². The summed E-state index contributed by atoms with van der Waals surface area (Å²) in [6, 6.07) is 0. The summed E-state index contributed by atoms with van der Waals surface area (Å²) in [6.07, 6.45) is 0.214. The van der Waals surface area contributed by atoms with Crippen molar-refractivity contribution in [3.63, 3.8) is 0 Å². The van der Waals surface area contributed by atoms with Crippen LogP contribution in [-0.2, 0) is 23.0 Å². The number of nitrogens with zero attached hydrogens (tertiary/aromatic N) is 3. The summed E-state index contributed by atoms with van der Waals surface area (Å²) in [5, 5.41) is 7.15. The van der Waals surface area contributed by atoms with Crippen LogP contribution < -0.4 is 0 Å². The molecule has 0 amide bonds. The molecule has 2 heterocycles. The molecule has 0 fully saturated rings. The van der Waals surface area contributed by atoms with Crippen molar-refractivity contribution >= 4 is 17.3 Å². The van der Waals surface area contributed by atoms with Crippen molar-refractivity contribution in [1.82, 2.24) is 14.8 Å². The SMILES string of the molecule is COC(=O)Cc1csc(-c2c(C)nn(C)c2C)n1. The molecular formula is C12H15N3O2S. The summed E-state index contributed by atoms with van der Waals surface area (Å²) in [7, 11) is 3.29. The average molecular weight is 265 g/mol. The van der Waals surface area contributed by atoms with Crippen LogP contribution in [0.25, 0.3) is 10.6 Å². The van der Waals surface area contributed by atoms with E-state index in [1.807, 2.05) is 31.0 Å². The van der Waals surface area contributed by atoms with Crippen LogP contribution in [0.1, 0.15) is 17.1 Å². The smallest absolute Gasteiger partial charge is 0.311 e. The molecule has 0 bridgehead atoms. The predicted octanol–water partition coefficient (Wildman–Crippen LogP) is 1.88. The molecule has 2 aromatic rings. The van der Waals surface area contributed by atoms with Crippen molar-refractivity contribution in [3.05, 3.63) is 22.5 Å². The Labute approximate surface area is 109 Å². The quantitative estimate of drug-likeness (QED) is 0.795. The fourth-order valence-corrected chi connectivity index (χ4v) is 2.77. The number of ether oxygens (including phenoxy) is 1. The maximum atomic E-state index is 11.2. The molecule has 0 spiro atoms. The van der Waals surface area contributed by atoms with Gasteiger partial charge in [-0.3, -0.25) is 9.48 Å². The summed E-state index contributed by atoms with van der Waals surface area (Å²) in [4.78, 5) is 15.7. The van der Waals surface area contributed by atoms with Crippen LogP contribution in [0.15, 0.2) is 5.38 Å². The molecule has 0 radical (unpaired) electrons. The lowest BCUT2D eigenvalue weighted by Gasteiger charge is -1.97. The summed E-state index contributed by atoms with van der Waals surface area (Å²) >= 11 is 1.52. The number of aromatic nitrogens is 3. The van der Waals surface area contributed by atoms with E-state index < -0.39 is 0 Å². The van der Waals surface area contributed by atoms with Gasteiger partial charge in [0.2, 0.25) is 0 Å². The van der Waals surface area contributed by atoms with Gasteiger partial charge in [0.15, 0.2) is 0 Å². The van der Waals surface area contributed by atoms with Gasteiger partial charge in [0, 0.05) is 18.1 Å². The molecule has 0 unspecified atom stereocenters. The fourth-order valence-electron chi connectivity index (χ4n) is 1.81. The van der Waals surface area contributed by atoms with Crippen molar-refractivity contribution in [3.8, 4) is 10.6 Å². The minimum atomic E-state index is -0.272. The Hall–Kier alpha value is -1.69. The molecule has 0 aliphatic carbocycles. The molecule has 18 heavy (non-hydrogen) atoms. The lowest BCUT2D eigenvalue weighted by molar-refractivity contribution is -0.139. The Morgan fingerprint density at radius 1 is 1.50 bits per heavy atom. The molecule has 2 aromatic heterocycles. The lowest BCUT2D eigenvalue weighted by atomic mass is 10.2. The highest BCUT2D eigenvalue weighted by atomic mass is 32.1. The molecule has 0 saturated heterocycles. The van der Waals surface area contributed by atoms with Gasteiger partial charge in [-0.1, -0.05) is 0 Å². The number of rotatable bonds is 3. The maximum Gasteiger partial charge on any atom is 0.311 e. The highest BCUT2D eigenvalue weighted by molar-refractivity contribution is 7.13. The minimum absolute atomic E-state index is 0.214. The van der Waals surface area contributed by atoms with Crippen molar-refractivity contribution in [1.29, 1.82) is 0 Å². The minimum Gasteiger partial charge on any atom is -0.469 e. The van der Waals surface area contributed by atoms with E-state index in [-0.39, 0.29) is 12.4 Å². The van der Waals surface area contributed by atoms with E-state index in [1.54, 1.807) is 0 Å². The van der Waals surface area contributed by atoms with E-state index in [0.717, 1.165) is 27.7 Å². The first-order valence-corrected chi connectivity index (χ1v) is 6.42. The predicted molar refractivity (Wildman–Crippen MR) is 69.5 cm³/mol. The van der Waals surface area contributed by atoms with E-state index >= 15 is 0 Å². The molecule has 0 atom stereocenters. The molecule has 0 saturated carbocycles. The third-order valence-electron chi connectivity index (χ3n) is 2.83. The molecule has 96 valence electrons. The molecule has 0 aliphatic heterocycles. The van der Waals surface area contributed by atoms with Gasteiger partial charge in [-0.25, -0.2) is 4.98 Å². The zero-order chi connectivity index (χ0) is 13.3. The molecular weight excluding hydrogens is 250 g/mol. The summed E-state index contributed by atoms with van der Waals surface area (Å²) in [6.45, 7) is 3.97. The van der Waals surface area contributed by atoms with Crippen LogP contribution in [0.3, 0.4) is 0 Å². The van der Waals surface area contributed by atoms with E-state index in [0.29, 0.717) is 0 Å². The second-order valence-electron chi connectivity index (χ2n) is 4.07. The van der Waals surface area contributed by atoms with Gasteiger partial charge in [-0.2, -0.15) is 5.10 Å². The van der Waals surface area contributed by atoms with Crippen LogP contribution >= 0.6 is 11.3 Å². The second kappa shape index (κ2) is 4.89. The summed E-state index contributed by atoms with van der Waals surface area (Å²) in [5.41, 5.74) is 3.82. The monoisotopic (exact) mass is 265 g/mol. The Morgan fingerprint density at radius 2 is 2.22 bits per heavy atom. The number of thiazole rings is 1. The largest absolute Gasteiger partial charge is 0.469 e. The van der Waals surface area contributed by atoms with Crippen molar-refractivity contribution in [2.24, 2.45) is 7.05 Å². The van der Waals surface area contributed by atoms with Crippen molar-refractivity contribution in [2.75, 3.05) is 7.11 Å². The summed E-state index contributed by atoms with van der Waals surface area (Å²) in [5.74, 6) is -0.272. The van der Waals surface area contributed by atoms with Crippen LogP contribution in [0, 0.1) is 13.8 Å². The van der Waals surface area contributed by atoms with Crippen LogP contribution in [-0.4, -0.2) is 27.8 Å². The second-order valence-corrected chi connectivity index (χ2v) is 4.92. The first-order chi connectivity index (χ1) is 8.52. The Balaban J connectivity index is 2.32. The zero-order valence-corrected chi connectivity index (χ0v) is 11.7. The fraction of sp³-hybridized carbons (Fsp3) is 0.417. The van der Waals surface area contributed by atoms with Crippen molar-refractivity contribution < 1.29 is 9.53 Å². The molecule has 0 N–H and O–H groups in total. The van der Waals surface area contributed by atoms with Gasteiger partial charge in [0.05, 0.1) is 30.5 Å². The molecule has 5 nitrogen and oxygen atoms in total. The number of hydrogen-bond acceptors (Lipinski definition) is 5. The Morgan fingerprint density at radius 3 is 2.78 bits per heavy atom. The van der Waals surface area contributed by atoms with Gasteiger partial charge in [-0.15, -0.1) is 11.3 Å². The molecule has 2 rings (SSSR count). The Kier molecular flexibility index (Phi) is 3.47. The van der Waals surface area contributed by atoms with Gasteiger partial charge >= 0.3 is 5.97 Å². The Bertz CT molecular complexity index is 586. The van der Waals surface area contributed by atoms with E-state index in [4.69, 9.17) is 0 Å². The third-order valence-corrected chi connectivity index (χ3v) is 3.74. The van der Waals surface area contributed by atoms with Gasteiger partial charge in [0.1, 0.15) is 5.01 Å². The van der Waals surface area contributed by atoms with Gasteiger partial charge in [-0.05, 0) is 13.8 Å². The number of esters is 1. The summed E-state index contributed by atoms with van der Waals surface area (Å²) < 4.78 is 6.47. The normalized spacial score (nSPS) is 10.7. The van der Waals surface area contributed by atoms with E-state index in [2.05, 4.69) is 14.8 Å². The number of aryl methyl sites for hydroxylation is 2. The van der Waals surface area contributed by atoms with Crippen LogP contribution in [0.2, 0.25) is 0 Å². The first kappa shape index (κ1) is 12.8. The topological polar surface area (TPSA) is 57.0 Å². The van der Waals surface area contributed by atoms with E-state index in [1.165, 1.54) is 18.4 Å². The standard InChI is InChI=1S/C12H15N3O2S/c1-7-11(8(2)15(3)14-7)12-13-9(6-18-12)5-10(16)17-4/h6H,5H2,1-4H3. The van der Waals surface area contributed by atoms with Gasteiger partial charge < -0.3 is 4.74 Å². The number of hydrogen-bond donors (Lipinski definition) is 0. The number of carbonyl (C=O) groups excluding carboxylic acids is 1. The molecule has 0 aliphatic rings. The number of methoxy groups -OCH3 is 1. The molecule has 0 aromatic carbocycles. The highest BCUT2D eigenvalue weighted by Crippen LogP contribution is 2.29. The highest BCUT2D eigenvalue weighted by Gasteiger charge is 2.16. The molecule has 6 heteroatoms. The van der Waals surface area contributed by atoms with Crippen molar-refractivity contribution in [2.45, 2.75) is 20.3 Å². The third kappa shape index (κ3) is 2.28. The van der Waals surface area contributed by atoms with E-state index in [9.17, 15) is 4.79 Å². The van der Waals surface area contributed by atoms with Crippen LogP contribution in [0.4, 0.5) is 0 Å². The first-order valence-electron chi connectivity index (χ1n) is 5.54. The number of carbonyl (C=O) groups is 1. The zero-order valence-electron chi connectivity index (χ0n) is 10.9. The average Bonchev–Trinajstić information content (AvgIpc) is 2.85. The maximum absolute atomic E-state index is 11.2. The lowest BCUT2D eigenvalue weighted by Crippen LogP contribution is -2.04. The van der Waals surface area contributed by atoms with Gasteiger partial charge in [0.25, 0.3) is 0 Å².